The van der Waals surface area contributed by atoms with Crippen molar-refractivity contribution in [3.63, 3.8) is 0 Å². The molecule has 20 heavy (non-hydrogen) atoms. The highest BCUT2D eigenvalue weighted by molar-refractivity contribution is 7.15. The van der Waals surface area contributed by atoms with Gasteiger partial charge in [-0.25, -0.2) is 4.98 Å². The second kappa shape index (κ2) is 7.00. The molecule has 1 aromatic carbocycles. The normalized spacial score (nSPS) is 11.5. The fourth-order valence-electron chi connectivity index (χ4n) is 2.08. The van der Waals surface area contributed by atoms with Crippen molar-refractivity contribution in [1.29, 1.82) is 0 Å². The van der Waals surface area contributed by atoms with E-state index in [0.29, 0.717) is 12.0 Å². The SMILES string of the molecule is CC(C)Cc1ccc(-c2ncc(CNC(C)C)s2)cc1. The summed E-state index contributed by atoms with van der Waals surface area (Å²) in [6.07, 6.45) is 3.12. The smallest absolute Gasteiger partial charge is 0.123 e. The maximum absolute atomic E-state index is 4.53. The van der Waals surface area contributed by atoms with Crippen molar-refractivity contribution < 1.29 is 0 Å². The van der Waals surface area contributed by atoms with Crippen LogP contribution in [0.25, 0.3) is 10.6 Å². The number of hydrogen-bond acceptors (Lipinski definition) is 3. The molecule has 0 unspecified atom stereocenters. The third-order valence-electron chi connectivity index (χ3n) is 3.08. The van der Waals surface area contributed by atoms with E-state index in [1.54, 1.807) is 11.3 Å². The molecule has 0 saturated heterocycles. The summed E-state index contributed by atoms with van der Waals surface area (Å²) in [5, 5.41) is 4.54. The second-order valence-electron chi connectivity index (χ2n) is 5.96. The zero-order chi connectivity index (χ0) is 14.5. The summed E-state index contributed by atoms with van der Waals surface area (Å²) >= 11 is 1.77. The molecule has 1 N–H and O–H groups in total. The molecule has 0 radical (unpaired) electrons. The Kier molecular flexibility index (Phi) is 5.32. The van der Waals surface area contributed by atoms with Gasteiger partial charge in [0.1, 0.15) is 5.01 Å². The van der Waals surface area contributed by atoms with E-state index in [0.717, 1.165) is 18.0 Å². The minimum atomic E-state index is 0.510. The number of thiazole rings is 1. The third-order valence-corrected chi connectivity index (χ3v) is 4.13. The molecule has 3 heteroatoms. The molecule has 0 amide bonds. The zero-order valence-electron chi connectivity index (χ0n) is 12.8. The zero-order valence-corrected chi connectivity index (χ0v) is 13.6. The van der Waals surface area contributed by atoms with E-state index in [1.807, 2.05) is 6.20 Å². The van der Waals surface area contributed by atoms with Crippen molar-refractivity contribution in [3.8, 4) is 10.6 Å². The van der Waals surface area contributed by atoms with E-state index in [-0.39, 0.29) is 0 Å². The summed E-state index contributed by atoms with van der Waals surface area (Å²) in [6.45, 7) is 9.73. The van der Waals surface area contributed by atoms with Gasteiger partial charge in [-0.05, 0) is 17.9 Å². The monoisotopic (exact) mass is 288 g/mol. The summed E-state index contributed by atoms with van der Waals surface area (Å²) in [7, 11) is 0. The fraction of sp³-hybridized carbons (Fsp3) is 0.471. The van der Waals surface area contributed by atoms with Crippen LogP contribution < -0.4 is 5.32 Å². The molecule has 2 rings (SSSR count). The lowest BCUT2D eigenvalue weighted by Gasteiger charge is -2.05. The topological polar surface area (TPSA) is 24.9 Å². The van der Waals surface area contributed by atoms with E-state index >= 15 is 0 Å². The van der Waals surface area contributed by atoms with Gasteiger partial charge in [-0.15, -0.1) is 11.3 Å². The van der Waals surface area contributed by atoms with Crippen LogP contribution in [-0.4, -0.2) is 11.0 Å². The van der Waals surface area contributed by atoms with Crippen LogP contribution in [0.1, 0.15) is 38.1 Å². The summed E-state index contributed by atoms with van der Waals surface area (Å²) in [6, 6.07) is 9.34. The number of nitrogens with one attached hydrogen (secondary N) is 1. The van der Waals surface area contributed by atoms with Crippen LogP contribution in [0.4, 0.5) is 0 Å². The van der Waals surface area contributed by atoms with Crippen LogP contribution in [0.5, 0.6) is 0 Å². The number of aromatic nitrogens is 1. The lowest BCUT2D eigenvalue weighted by molar-refractivity contribution is 0.593. The molecular formula is C17H24N2S. The predicted molar refractivity (Wildman–Crippen MR) is 88.1 cm³/mol. The molecule has 0 aliphatic heterocycles. The number of rotatable bonds is 6. The lowest BCUT2D eigenvalue weighted by Crippen LogP contribution is -2.21. The van der Waals surface area contributed by atoms with Gasteiger partial charge in [0.2, 0.25) is 0 Å². The van der Waals surface area contributed by atoms with Gasteiger partial charge in [0.05, 0.1) is 0 Å². The molecule has 0 spiro atoms. The average molecular weight is 288 g/mol. The third kappa shape index (κ3) is 4.43. The van der Waals surface area contributed by atoms with E-state index in [1.165, 1.54) is 16.0 Å². The van der Waals surface area contributed by atoms with Gasteiger partial charge in [-0.1, -0.05) is 52.0 Å². The molecule has 1 heterocycles. The largest absolute Gasteiger partial charge is 0.310 e. The van der Waals surface area contributed by atoms with Crippen molar-refractivity contribution in [2.45, 2.75) is 46.7 Å². The van der Waals surface area contributed by atoms with Crippen molar-refractivity contribution in [3.05, 3.63) is 40.9 Å². The molecule has 1 aromatic heterocycles. The molecule has 0 saturated carbocycles. The van der Waals surface area contributed by atoms with Gasteiger partial charge in [-0.3, -0.25) is 0 Å². The van der Waals surface area contributed by atoms with Crippen LogP contribution in [0.3, 0.4) is 0 Å². The van der Waals surface area contributed by atoms with Crippen molar-refractivity contribution >= 4 is 11.3 Å². The van der Waals surface area contributed by atoms with E-state index in [2.05, 4.69) is 62.3 Å². The first-order valence-electron chi connectivity index (χ1n) is 7.32. The Hall–Kier alpha value is -1.19. The van der Waals surface area contributed by atoms with Gasteiger partial charge in [-0.2, -0.15) is 0 Å². The van der Waals surface area contributed by atoms with Gasteiger partial charge in [0.25, 0.3) is 0 Å². The Morgan fingerprint density at radius 3 is 2.40 bits per heavy atom. The molecule has 108 valence electrons. The molecule has 0 atom stereocenters. The summed E-state index contributed by atoms with van der Waals surface area (Å²) < 4.78 is 0. The first kappa shape index (κ1) is 15.2. The van der Waals surface area contributed by atoms with Gasteiger partial charge in [0.15, 0.2) is 0 Å². The van der Waals surface area contributed by atoms with Gasteiger partial charge in [0, 0.05) is 29.2 Å². The first-order valence-corrected chi connectivity index (χ1v) is 8.13. The van der Waals surface area contributed by atoms with Crippen LogP contribution in [0, 0.1) is 5.92 Å². The van der Waals surface area contributed by atoms with Crippen molar-refractivity contribution in [2.24, 2.45) is 5.92 Å². The van der Waals surface area contributed by atoms with E-state index in [9.17, 15) is 0 Å². The Morgan fingerprint density at radius 2 is 1.80 bits per heavy atom. The lowest BCUT2D eigenvalue weighted by atomic mass is 10.0. The predicted octanol–water partition coefficient (Wildman–Crippen LogP) is 4.51. The standard InChI is InChI=1S/C17H24N2S/c1-12(2)9-14-5-7-15(8-6-14)17-19-11-16(20-17)10-18-13(3)4/h5-8,11-13,18H,9-10H2,1-4H3. The highest BCUT2D eigenvalue weighted by atomic mass is 32.1. The second-order valence-corrected chi connectivity index (χ2v) is 7.08. The Balaban J connectivity index is 2.04. The van der Waals surface area contributed by atoms with Crippen LogP contribution >= 0.6 is 11.3 Å². The quantitative estimate of drug-likeness (QED) is 0.846. The maximum atomic E-state index is 4.53. The van der Waals surface area contributed by atoms with Crippen molar-refractivity contribution in [1.82, 2.24) is 10.3 Å². The Morgan fingerprint density at radius 1 is 1.10 bits per heavy atom. The molecule has 0 aliphatic carbocycles. The highest BCUT2D eigenvalue weighted by Gasteiger charge is 2.06. The fourth-order valence-corrected chi connectivity index (χ4v) is 2.95. The number of benzene rings is 1. The average Bonchev–Trinajstić information content (AvgIpc) is 2.85. The summed E-state index contributed by atoms with van der Waals surface area (Å²) in [4.78, 5) is 5.83. The van der Waals surface area contributed by atoms with E-state index in [4.69, 9.17) is 0 Å². The molecular weight excluding hydrogens is 264 g/mol. The van der Waals surface area contributed by atoms with Crippen molar-refractivity contribution in [2.75, 3.05) is 0 Å². The number of hydrogen-bond donors (Lipinski definition) is 1. The van der Waals surface area contributed by atoms with Crippen LogP contribution in [0.15, 0.2) is 30.5 Å². The molecule has 0 aliphatic rings. The maximum Gasteiger partial charge on any atom is 0.123 e. The Labute approximate surface area is 126 Å². The first-order chi connectivity index (χ1) is 9.54. The van der Waals surface area contributed by atoms with Gasteiger partial charge >= 0.3 is 0 Å². The summed E-state index contributed by atoms with van der Waals surface area (Å²) in [5.41, 5.74) is 2.63. The minimum absolute atomic E-state index is 0.510. The Bertz CT molecular complexity index is 526. The molecule has 2 nitrogen and oxygen atoms in total. The molecule has 0 bridgehead atoms. The number of nitrogens with zero attached hydrogens (tertiary/aromatic N) is 1. The van der Waals surface area contributed by atoms with Crippen LogP contribution in [0.2, 0.25) is 0 Å². The molecule has 0 fully saturated rings. The summed E-state index contributed by atoms with van der Waals surface area (Å²) in [5.74, 6) is 0.703. The van der Waals surface area contributed by atoms with E-state index < -0.39 is 0 Å². The highest BCUT2D eigenvalue weighted by Crippen LogP contribution is 2.25. The minimum Gasteiger partial charge on any atom is -0.310 e. The van der Waals surface area contributed by atoms with Crippen LogP contribution in [-0.2, 0) is 13.0 Å². The van der Waals surface area contributed by atoms with Gasteiger partial charge < -0.3 is 5.32 Å². The molecule has 2 aromatic rings.